The fourth-order valence-electron chi connectivity index (χ4n) is 3.26. The number of ether oxygens (including phenoxy) is 2. The summed E-state index contributed by atoms with van der Waals surface area (Å²) >= 11 is 3.16. The number of thiazole rings is 1. The molecule has 1 aromatic carbocycles. The van der Waals surface area contributed by atoms with Gasteiger partial charge in [-0.25, -0.2) is 0 Å². The monoisotopic (exact) mass is 656 g/mol. The molecule has 154 valence electrons. The van der Waals surface area contributed by atoms with Crippen molar-refractivity contribution >= 4 is 65.6 Å². The van der Waals surface area contributed by atoms with Crippen LogP contribution in [0.25, 0.3) is 12.2 Å². The standard InChI is InChI=1S/C21H23N2O2S2Te.HI/c1-5-23-14-9-6-7-10-16(14)26-19(23)12-8-11-18-22(2)20-17(27-18)13-15(24-3)21(25-4)28-20;/h6-13,21H,5H2,1-4H3;1H/q+1;/p-1. The zero-order valence-corrected chi connectivity index (χ0v) is 22.8. The number of methoxy groups -OCH3 is 2. The quantitative estimate of drug-likeness (QED) is 0.265. The van der Waals surface area contributed by atoms with Crippen molar-refractivity contribution < 1.29 is 38.0 Å². The Balaban J connectivity index is 0.00000240. The van der Waals surface area contributed by atoms with Gasteiger partial charge in [0.05, 0.1) is 0 Å². The van der Waals surface area contributed by atoms with Gasteiger partial charge in [0.1, 0.15) is 0 Å². The molecular formula is C21H23IN2O2S2Te. The largest absolute Gasteiger partial charge is 1.00 e. The van der Waals surface area contributed by atoms with E-state index in [9.17, 15) is 0 Å². The van der Waals surface area contributed by atoms with Crippen molar-refractivity contribution in [2.24, 2.45) is 7.05 Å². The Kier molecular flexibility index (Phi) is 8.15. The number of fused-ring (bicyclic) bond motifs is 2. The molecule has 0 amide bonds. The smallest absolute Gasteiger partial charge is 1.00 e. The summed E-state index contributed by atoms with van der Waals surface area (Å²) in [5, 5.41) is 2.53. The van der Waals surface area contributed by atoms with Gasteiger partial charge >= 0.3 is 185 Å². The van der Waals surface area contributed by atoms with Gasteiger partial charge in [-0.05, 0) is 0 Å². The Morgan fingerprint density at radius 2 is 2.07 bits per heavy atom. The molecule has 3 heterocycles. The van der Waals surface area contributed by atoms with E-state index in [2.05, 4.69) is 72.0 Å². The fraction of sp³-hybridized carbons (Fsp3) is 0.286. The van der Waals surface area contributed by atoms with Gasteiger partial charge in [0.2, 0.25) is 0 Å². The Morgan fingerprint density at radius 1 is 1.28 bits per heavy atom. The van der Waals surface area contributed by atoms with Gasteiger partial charge in [0, 0.05) is 0 Å². The normalized spacial score (nSPS) is 19.2. The van der Waals surface area contributed by atoms with Gasteiger partial charge in [-0.2, -0.15) is 0 Å². The molecule has 1 aromatic heterocycles. The average molecular weight is 654 g/mol. The molecule has 2 aliphatic rings. The zero-order valence-electron chi connectivity index (χ0n) is 16.7. The summed E-state index contributed by atoms with van der Waals surface area (Å²) in [6.07, 6.45) is 8.74. The minimum absolute atomic E-state index is 0. The molecule has 2 aromatic rings. The van der Waals surface area contributed by atoms with E-state index in [1.165, 1.54) is 29.2 Å². The van der Waals surface area contributed by atoms with Crippen LogP contribution in [0.15, 0.2) is 52.1 Å². The second-order valence-electron chi connectivity index (χ2n) is 6.28. The summed E-state index contributed by atoms with van der Waals surface area (Å²) in [6, 6.07) is 8.60. The Morgan fingerprint density at radius 3 is 2.79 bits per heavy atom. The van der Waals surface area contributed by atoms with Crippen molar-refractivity contribution in [3.05, 3.63) is 57.1 Å². The van der Waals surface area contributed by atoms with Crippen molar-refractivity contribution in [3.8, 4) is 0 Å². The molecule has 0 fully saturated rings. The molecule has 0 N–H and O–H groups in total. The molecule has 2 aliphatic heterocycles. The summed E-state index contributed by atoms with van der Waals surface area (Å²) < 4.78 is 15.0. The third-order valence-corrected chi connectivity index (χ3v) is 11.2. The molecule has 0 bridgehead atoms. The maximum atomic E-state index is 5.64. The van der Waals surface area contributed by atoms with E-state index in [0.717, 1.165) is 12.3 Å². The average Bonchev–Trinajstić information content (AvgIpc) is 3.23. The molecule has 0 spiro atoms. The molecule has 4 rings (SSSR count). The second kappa shape index (κ2) is 10.2. The number of aromatic nitrogens is 1. The number of para-hydroxylation sites is 1. The van der Waals surface area contributed by atoms with Gasteiger partial charge in [-0.15, -0.1) is 0 Å². The first-order chi connectivity index (χ1) is 13.7. The predicted octanol–water partition coefficient (Wildman–Crippen LogP) is 0.366. The van der Waals surface area contributed by atoms with E-state index in [-0.39, 0.29) is 28.1 Å². The van der Waals surface area contributed by atoms with Crippen LogP contribution in [-0.4, -0.2) is 45.8 Å². The summed E-state index contributed by atoms with van der Waals surface area (Å²) in [6.45, 7) is 3.17. The van der Waals surface area contributed by atoms with Crippen molar-refractivity contribution in [2.75, 3.05) is 25.7 Å². The van der Waals surface area contributed by atoms with Crippen molar-refractivity contribution in [1.29, 1.82) is 0 Å². The number of nitrogens with zero attached hydrogens (tertiary/aromatic N) is 2. The molecule has 4 nitrogen and oxygen atoms in total. The Hall–Kier alpha value is -0.500. The SMILES string of the molecule is CCN1C(=CC=Cc2sc3c([n+]2C)[Te]C(OC)C(OC)=C3)Sc2ccccc21.[I-]. The summed E-state index contributed by atoms with van der Waals surface area (Å²) in [5.41, 5.74) is 1.31. The first-order valence-corrected chi connectivity index (χ1v) is 13.2. The van der Waals surface area contributed by atoms with Crippen molar-refractivity contribution in [1.82, 2.24) is 0 Å². The number of thioether (sulfide) groups is 1. The van der Waals surface area contributed by atoms with Crippen LogP contribution in [0.5, 0.6) is 0 Å². The van der Waals surface area contributed by atoms with Gasteiger partial charge in [0.15, 0.2) is 0 Å². The molecular weight excluding hydrogens is 631 g/mol. The number of benzene rings is 1. The summed E-state index contributed by atoms with van der Waals surface area (Å²) in [4.78, 5) is 5.00. The third kappa shape index (κ3) is 4.58. The van der Waals surface area contributed by atoms with Gasteiger partial charge in [-0.3, -0.25) is 0 Å². The maximum Gasteiger partial charge on any atom is -1.00 e. The number of halogens is 1. The minimum atomic E-state index is -0.494. The number of hydrogen-bond acceptors (Lipinski definition) is 5. The number of rotatable bonds is 5. The van der Waals surface area contributed by atoms with E-state index >= 15 is 0 Å². The van der Waals surface area contributed by atoms with E-state index < -0.39 is 20.9 Å². The topological polar surface area (TPSA) is 25.6 Å². The third-order valence-electron chi connectivity index (χ3n) is 4.67. The fourth-order valence-corrected chi connectivity index (χ4v) is 9.14. The second-order valence-corrected chi connectivity index (χ2v) is 11.4. The Bertz CT molecular complexity index is 987. The number of hydrogen-bond donors (Lipinski definition) is 0. The molecule has 1 atom stereocenters. The van der Waals surface area contributed by atoms with Crippen LogP contribution in [0, 0.1) is 0 Å². The Labute approximate surface area is 207 Å². The van der Waals surface area contributed by atoms with Crippen LogP contribution in [0.1, 0.15) is 16.8 Å². The number of anilines is 1. The maximum absolute atomic E-state index is 5.64. The van der Waals surface area contributed by atoms with E-state index in [0.29, 0.717) is 0 Å². The van der Waals surface area contributed by atoms with Crippen LogP contribution in [0.4, 0.5) is 5.69 Å². The molecule has 0 saturated heterocycles. The molecule has 8 heteroatoms. The van der Waals surface area contributed by atoms with E-state index in [4.69, 9.17) is 9.47 Å². The van der Waals surface area contributed by atoms with Crippen LogP contribution < -0.4 is 37.2 Å². The van der Waals surface area contributed by atoms with Crippen molar-refractivity contribution in [2.45, 2.75) is 16.0 Å². The first-order valence-electron chi connectivity index (χ1n) is 9.07. The van der Waals surface area contributed by atoms with Crippen LogP contribution in [-0.2, 0) is 16.5 Å². The van der Waals surface area contributed by atoms with E-state index in [1.54, 1.807) is 14.2 Å². The molecule has 1 unspecified atom stereocenters. The van der Waals surface area contributed by atoms with Gasteiger partial charge < -0.3 is 24.0 Å². The molecule has 0 saturated carbocycles. The van der Waals surface area contributed by atoms with E-state index in [1.807, 2.05) is 23.1 Å². The first kappa shape index (κ1) is 23.2. The number of allylic oxidation sites excluding steroid dienone is 2. The predicted molar refractivity (Wildman–Crippen MR) is 119 cm³/mol. The molecule has 0 aliphatic carbocycles. The summed E-state index contributed by atoms with van der Waals surface area (Å²) in [5.74, 6) is 0.954. The van der Waals surface area contributed by atoms with Gasteiger partial charge in [-0.1, -0.05) is 0 Å². The van der Waals surface area contributed by atoms with Crippen LogP contribution in [0.2, 0.25) is 0 Å². The van der Waals surface area contributed by atoms with Crippen LogP contribution >= 0.6 is 23.1 Å². The minimum Gasteiger partial charge on any atom is -1.00 e. The van der Waals surface area contributed by atoms with Crippen LogP contribution in [0.3, 0.4) is 0 Å². The molecule has 29 heavy (non-hydrogen) atoms. The zero-order chi connectivity index (χ0) is 19.7. The summed E-state index contributed by atoms with van der Waals surface area (Å²) in [7, 11) is 5.65. The molecule has 0 radical (unpaired) electrons. The van der Waals surface area contributed by atoms with Gasteiger partial charge in [0.25, 0.3) is 0 Å². The van der Waals surface area contributed by atoms with Crippen molar-refractivity contribution in [3.63, 3.8) is 0 Å².